The second-order valence-electron chi connectivity index (χ2n) is 7.60. The van der Waals surface area contributed by atoms with Crippen LogP contribution in [0.15, 0.2) is 78.2 Å². The Bertz CT molecular complexity index is 1400. The van der Waals surface area contributed by atoms with E-state index in [9.17, 15) is 13.2 Å². The van der Waals surface area contributed by atoms with Crippen LogP contribution in [0.25, 0.3) is 5.82 Å². The van der Waals surface area contributed by atoms with E-state index in [4.69, 9.17) is 0 Å². The SMILES string of the molecule is Cc1nc(Nc2ccc(NC(=O)c3ccc(S(=O)(=O)N(C)C)cc3)cc2)cc(-n2ccnc2)n1. The van der Waals surface area contributed by atoms with Gasteiger partial charge in [0, 0.05) is 49.5 Å². The Labute approximate surface area is 197 Å². The molecule has 2 heterocycles. The third-order valence-corrected chi connectivity index (χ3v) is 6.73. The summed E-state index contributed by atoms with van der Waals surface area (Å²) in [5.74, 6) is 1.59. The van der Waals surface area contributed by atoms with Crippen molar-refractivity contribution in [3.63, 3.8) is 0 Å². The molecule has 2 aromatic heterocycles. The molecule has 0 unspecified atom stereocenters. The van der Waals surface area contributed by atoms with Gasteiger partial charge < -0.3 is 10.6 Å². The molecule has 0 aliphatic rings. The Morgan fingerprint density at radius 3 is 2.26 bits per heavy atom. The molecular weight excluding hydrogens is 454 g/mol. The van der Waals surface area contributed by atoms with E-state index >= 15 is 0 Å². The summed E-state index contributed by atoms with van der Waals surface area (Å²) in [6.45, 7) is 1.81. The van der Waals surface area contributed by atoms with E-state index in [-0.39, 0.29) is 10.8 Å². The zero-order chi connectivity index (χ0) is 24.3. The topological polar surface area (TPSA) is 122 Å². The van der Waals surface area contributed by atoms with E-state index in [0.717, 1.165) is 9.99 Å². The Kier molecular flexibility index (Phi) is 6.39. The van der Waals surface area contributed by atoms with Crippen molar-refractivity contribution < 1.29 is 13.2 Å². The average molecular weight is 478 g/mol. The summed E-state index contributed by atoms with van der Waals surface area (Å²) in [4.78, 5) is 25.5. The molecule has 4 aromatic rings. The fraction of sp³-hybridized carbons (Fsp3) is 0.130. The number of rotatable bonds is 7. The highest BCUT2D eigenvalue weighted by Gasteiger charge is 2.17. The summed E-state index contributed by atoms with van der Waals surface area (Å²) < 4.78 is 27.3. The lowest BCUT2D eigenvalue weighted by Gasteiger charge is -2.12. The van der Waals surface area contributed by atoms with Gasteiger partial charge in [-0.25, -0.2) is 27.7 Å². The first kappa shape index (κ1) is 23.1. The lowest BCUT2D eigenvalue weighted by atomic mass is 10.2. The molecule has 1 amide bonds. The highest BCUT2D eigenvalue weighted by atomic mass is 32.2. The third-order valence-electron chi connectivity index (χ3n) is 4.90. The summed E-state index contributed by atoms with van der Waals surface area (Å²) in [7, 11) is -0.631. The van der Waals surface area contributed by atoms with Crippen molar-refractivity contribution in [1.29, 1.82) is 0 Å². The van der Waals surface area contributed by atoms with Crippen LogP contribution in [0.4, 0.5) is 17.2 Å². The number of imidazole rings is 1. The standard InChI is InChI=1S/C23H23N7O3S/c1-16-25-21(14-22(26-16)30-13-12-24-15-30)27-18-6-8-19(9-7-18)28-23(31)17-4-10-20(11-5-17)34(32,33)29(2)3/h4-15H,1-3H3,(H,28,31)(H,25,26,27). The van der Waals surface area contributed by atoms with E-state index in [1.807, 2.05) is 25.1 Å². The maximum absolute atomic E-state index is 12.6. The minimum absolute atomic E-state index is 0.126. The zero-order valence-electron chi connectivity index (χ0n) is 18.8. The first-order chi connectivity index (χ1) is 16.2. The number of hydrogen-bond acceptors (Lipinski definition) is 7. The molecule has 0 spiro atoms. The Balaban J connectivity index is 1.43. The largest absolute Gasteiger partial charge is 0.340 e. The van der Waals surface area contributed by atoms with Crippen LogP contribution in [0.1, 0.15) is 16.2 Å². The van der Waals surface area contributed by atoms with Crippen LogP contribution in [0.3, 0.4) is 0 Å². The number of amides is 1. The van der Waals surface area contributed by atoms with Crippen molar-refractivity contribution in [2.75, 3.05) is 24.7 Å². The molecule has 0 fully saturated rings. The number of benzene rings is 2. The number of carbonyl (C=O) groups is 1. The van der Waals surface area contributed by atoms with Crippen LogP contribution in [-0.2, 0) is 10.0 Å². The molecular formula is C23H23N7O3S. The van der Waals surface area contributed by atoms with Gasteiger partial charge in [0.15, 0.2) is 0 Å². The van der Waals surface area contributed by atoms with Crippen LogP contribution in [0.2, 0.25) is 0 Å². The Morgan fingerprint density at radius 2 is 1.65 bits per heavy atom. The monoisotopic (exact) mass is 477 g/mol. The van der Waals surface area contributed by atoms with Crippen LogP contribution >= 0.6 is 0 Å². The molecule has 0 radical (unpaired) electrons. The van der Waals surface area contributed by atoms with Crippen molar-refractivity contribution in [2.45, 2.75) is 11.8 Å². The lowest BCUT2D eigenvalue weighted by Crippen LogP contribution is -2.22. The summed E-state index contributed by atoms with van der Waals surface area (Å²) in [6, 6.07) is 14.8. The maximum Gasteiger partial charge on any atom is 0.255 e. The van der Waals surface area contributed by atoms with E-state index in [2.05, 4.69) is 25.6 Å². The Hall–Kier alpha value is -4.09. The van der Waals surface area contributed by atoms with E-state index in [1.165, 1.54) is 38.4 Å². The normalized spacial score (nSPS) is 11.4. The van der Waals surface area contributed by atoms with Crippen LogP contribution in [0.5, 0.6) is 0 Å². The maximum atomic E-state index is 12.6. The highest BCUT2D eigenvalue weighted by molar-refractivity contribution is 7.89. The van der Waals surface area contributed by atoms with Gasteiger partial charge in [-0.3, -0.25) is 9.36 Å². The zero-order valence-corrected chi connectivity index (χ0v) is 19.6. The van der Waals surface area contributed by atoms with Gasteiger partial charge in [0.2, 0.25) is 10.0 Å². The molecule has 34 heavy (non-hydrogen) atoms. The third kappa shape index (κ3) is 5.11. The molecule has 0 bridgehead atoms. The number of aryl methyl sites for hydroxylation is 1. The van der Waals surface area contributed by atoms with Gasteiger partial charge in [-0.05, 0) is 55.5 Å². The second kappa shape index (κ2) is 9.41. The predicted molar refractivity (Wildman–Crippen MR) is 129 cm³/mol. The molecule has 2 N–H and O–H groups in total. The van der Waals surface area contributed by atoms with Crippen LogP contribution < -0.4 is 10.6 Å². The van der Waals surface area contributed by atoms with Gasteiger partial charge in [-0.1, -0.05) is 0 Å². The number of sulfonamides is 1. The molecule has 0 aliphatic carbocycles. The smallest absolute Gasteiger partial charge is 0.255 e. The molecule has 4 rings (SSSR count). The van der Waals surface area contributed by atoms with E-state index < -0.39 is 10.0 Å². The fourth-order valence-electron chi connectivity index (χ4n) is 3.12. The average Bonchev–Trinajstić information content (AvgIpc) is 3.35. The number of anilines is 3. The van der Waals surface area contributed by atoms with Crippen molar-refractivity contribution in [2.24, 2.45) is 0 Å². The van der Waals surface area contributed by atoms with E-state index in [0.29, 0.717) is 28.7 Å². The quantitative estimate of drug-likeness (QED) is 0.419. The molecule has 0 atom stereocenters. The molecule has 11 heteroatoms. The van der Waals surface area contributed by atoms with Crippen molar-refractivity contribution >= 4 is 33.1 Å². The number of nitrogens with one attached hydrogen (secondary N) is 2. The minimum atomic E-state index is -3.55. The van der Waals surface area contributed by atoms with Crippen LogP contribution in [-0.4, -0.2) is 52.2 Å². The molecule has 0 saturated carbocycles. The van der Waals surface area contributed by atoms with E-state index in [1.54, 1.807) is 35.4 Å². The van der Waals surface area contributed by atoms with Gasteiger partial charge in [0.1, 0.15) is 23.8 Å². The summed E-state index contributed by atoms with van der Waals surface area (Å²) in [5, 5.41) is 6.03. The Morgan fingerprint density at radius 1 is 0.971 bits per heavy atom. The molecule has 174 valence electrons. The molecule has 0 saturated heterocycles. The highest BCUT2D eigenvalue weighted by Crippen LogP contribution is 2.20. The van der Waals surface area contributed by atoms with Gasteiger partial charge in [-0.2, -0.15) is 0 Å². The van der Waals surface area contributed by atoms with Gasteiger partial charge in [-0.15, -0.1) is 0 Å². The van der Waals surface area contributed by atoms with Crippen LogP contribution in [0, 0.1) is 6.92 Å². The van der Waals surface area contributed by atoms with Crippen molar-refractivity contribution in [3.05, 3.63) is 84.7 Å². The molecule has 2 aromatic carbocycles. The van der Waals surface area contributed by atoms with Crippen molar-refractivity contribution in [1.82, 2.24) is 23.8 Å². The second-order valence-corrected chi connectivity index (χ2v) is 9.75. The number of hydrogen-bond donors (Lipinski definition) is 2. The number of nitrogens with zero attached hydrogens (tertiary/aromatic N) is 5. The molecule has 0 aliphatic heterocycles. The first-order valence-electron chi connectivity index (χ1n) is 10.3. The summed E-state index contributed by atoms with van der Waals surface area (Å²) in [6.07, 6.45) is 5.15. The fourth-order valence-corrected chi connectivity index (χ4v) is 4.02. The first-order valence-corrected chi connectivity index (χ1v) is 11.7. The summed E-state index contributed by atoms with van der Waals surface area (Å²) in [5.41, 5.74) is 1.73. The lowest BCUT2D eigenvalue weighted by molar-refractivity contribution is 0.102. The number of aromatic nitrogens is 4. The van der Waals surface area contributed by atoms with Gasteiger partial charge >= 0.3 is 0 Å². The van der Waals surface area contributed by atoms with Gasteiger partial charge in [0.05, 0.1) is 4.90 Å². The molecule has 10 nitrogen and oxygen atoms in total. The number of carbonyl (C=O) groups excluding carboxylic acids is 1. The summed E-state index contributed by atoms with van der Waals surface area (Å²) >= 11 is 0. The van der Waals surface area contributed by atoms with Crippen molar-refractivity contribution in [3.8, 4) is 5.82 Å². The minimum Gasteiger partial charge on any atom is -0.340 e. The van der Waals surface area contributed by atoms with Gasteiger partial charge in [0.25, 0.3) is 5.91 Å². The predicted octanol–water partition coefficient (Wildman–Crippen LogP) is 3.22.